The number of hydrogen-bond donors (Lipinski definition) is 1. The molecule has 0 aliphatic carbocycles. The second-order valence-electron chi connectivity index (χ2n) is 2.89. The van der Waals surface area contributed by atoms with Gasteiger partial charge in [0.25, 0.3) is 0 Å². The molecule has 1 rings (SSSR count). The van der Waals surface area contributed by atoms with Crippen molar-refractivity contribution in [2.45, 2.75) is 13.3 Å². The maximum absolute atomic E-state index is 10.5. The summed E-state index contributed by atoms with van der Waals surface area (Å²) < 4.78 is 0. The van der Waals surface area contributed by atoms with Gasteiger partial charge < -0.3 is 5.32 Å². The van der Waals surface area contributed by atoms with Gasteiger partial charge >= 0.3 is 0 Å². The van der Waals surface area contributed by atoms with Gasteiger partial charge in [0, 0.05) is 41.8 Å². The number of amides is 1. The van der Waals surface area contributed by atoms with Crippen LogP contribution in [0.3, 0.4) is 0 Å². The SMILES string of the molecule is CC(=O)NCCC#Cc1cscc1C=O. The number of carbonyl (C=O) groups is 2. The van der Waals surface area contributed by atoms with Crippen LogP contribution in [0.2, 0.25) is 0 Å². The van der Waals surface area contributed by atoms with Crippen molar-refractivity contribution in [1.29, 1.82) is 0 Å². The highest BCUT2D eigenvalue weighted by Crippen LogP contribution is 2.10. The van der Waals surface area contributed by atoms with E-state index in [4.69, 9.17) is 0 Å². The number of nitrogens with one attached hydrogen (secondary N) is 1. The van der Waals surface area contributed by atoms with E-state index in [0.717, 1.165) is 11.8 Å². The molecule has 0 fully saturated rings. The van der Waals surface area contributed by atoms with Gasteiger partial charge in [-0.1, -0.05) is 11.8 Å². The highest BCUT2D eigenvalue weighted by molar-refractivity contribution is 7.08. The Morgan fingerprint density at radius 1 is 1.60 bits per heavy atom. The van der Waals surface area contributed by atoms with Gasteiger partial charge in [0.1, 0.15) is 0 Å². The summed E-state index contributed by atoms with van der Waals surface area (Å²) in [5.41, 5.74) is 1.39. The van der Waals surface area contributed by atoms with E-state index < -0.39 is 0 Å². The Balaban J connectivity index is 2.44. The lowest BCUT2D eigenvalue weighted by Gasteiger charge is -1.94. The molecule has 1 aromatic heterocycles. The van der Waals surface area contributed by atoms with Gasteiger partial charge in [0.15, 0.2) is 6.29 Å². The van der Waals surface area contributed by atoms with E-state index in [1.54, 1.807) is 5.38 Å². The summed E-state index contributed by atoms with van der Waals surface area (Å²) in [4.78, 5) is 21.1. The van der Waals surface area contributed by atoms with Gasteiger partial charge in [-0.3, -0.25) is 9.59 Å². The van der Waals surface area contributed by atoms with Crippen LogP contribution >= 0.6 is 11.3 Å². The number of carbonyl (C=O) groups excluding carboxylic acids is 2. The first kappa shape index (κ1) is 11.5. The molecular weight excluding hydrogens is 210 g/mol. The lowest BCUT2D eigenvalue weighted by atomic mass is 10.2. The summed E-state index contributed by atoms with van der Waals surface area (Å²) in [6.07, 6.45) is 1.39. The molecule has 0 bridgehead atoms. The summed E-state index contributed by atoms with van der Waals surface area (Å²) in [7, 11) is 0. The molecular formula is C11H11NO2S. The third kappa shape index (κ3) is 3.96. The molecule has 0 aromatic carbocycles. The minimum Gasteiger partial charge on any atom is -0.355 e. The maximum atomic E-state index is 10.5. The van der Waals surface area contributed by atoms with Gasteiger partial charge in [0.2, 0.25) is 5.91 Å². The van der Waals surface area contributed by atoms with Gasteiger partial charge in [0.05, 0.1) is 0 Å². The molecule has 1 amide bonds. The van der Waals surface area contributed by atoms with Crippen LogP contribution in [0.5, 0.6) is 0 Å². The van der Waals surface area contributed by atoms with Crippen LogP contribution in [0, 0.1) is 11.8 Å². The monoisotopic (exact) mass is 221 g/mol. The Morgan fingerprint density at radius 3 is 3.07 bits per heavy atom. The van der Waals surface area contributed by atoms with E-state index in [2.05, 4.69) is 17.2 Å². The first-order valence-electron chi connectivity index (χ1n) is 4.48. The van der Waals surface area contributed by atoms with Crippen molar-refractivity contribution in [3.8, 4) is 11.8 Å². The van der Waals surface area contributed by atoms with Gasteiger partial charge in [-0.15, -0.1) is 0 Å². The Bertz CT molecular complexity index is 412. The third-order valence-corrected chi connectivity index (χ3v) is 2.43. The average molecular weight is 221 g/mol. The maximum Gasteiger partial charge on any atom is 0.216 e. The first-order chi connectivity index (χ1) is 7.24. The minimum absolute atomic E-state index is 0.0547. The zero-order chi connectivity index (χ0) is 11.1. The second kappa shape index (κ2) is 5.99. The first-order valence-corrected chi connectivity index (χ1v) is 5.43. The van der Waals surface area contributed by atoms with E-state index in [9.17, 15) is 9.59 Å². The summed E-state index contributed by atoms with van der Waals surface area (Å²) in [6.45, 7) is 2.01. The van der Waals surface area contributed by atoms with Gasteiger partial charge in [-0.25, -0.2) is 0 Å². The van der Waals surface area contributed by atoms with Crippen LogP contribution in [-0.2, 0) is 4.79 Å². The lowest BCUT2D eigenvalue weighted by molar-refractivity contribution is -0.118. The predicted octanol–water partition coefficient (Wildman–Crippen LogP) is 1.44. The standard InChI is InChI=1S/C11H11NO2S/c1-9(14)12-5-3-2-4-10-7-15-8-11(10)6-13/h6-8H,3,5H2,1H3,(H,12,14). The van der Waals surface area contributed by atoms with Gasteiger partial charge in [-0.05, 0) is 0 Å². The Morgan fingerprint density at radius 2 is 2.40 bits per heavy atom. The van der Waals surface area contributed by atoms with Crippen molar-refractivity contribution < 1.29 is 9.59 Å². The van der Waals surface area contributed by atoms with E-state index in [1.165, 1.54) is 18.3 Å². The normalized spacial score (nSPS) is 8.87. The summed E-state index contributed by atoms with van der Waals surface area (Å²) >= 11 is 1.46. The van der Waals surface area contributed by atoms with E-state index in [-0.39, 0.29) is 5.91 Å². The zero-order valence-electron chi connectivity index (χ0n) is 8.37. The van der Waals surface area contributed by atoms with Crippen LogP contribution in [0.15, 0.2) is 10.8 Å². The largest absolute Gasteiger partial charge is 0.355 e. The fourth-order valence-electron chi connectivity index (χ4n) is 0.959. The zero-order valence-corrected chi connectivity index (χ0v) is 9.19. The molecule has 4 heteroatoms. The summed E-state index contributed by atoms with van der Waals surface area (Å²) in [5, 5.41) is 6.26. The number of rotatable bonds is 3. The topological polar surface area (TPSA) is 46.2 Å². The summed E-state index contributed by atoms with van der Waals surface area (Å²) in [6, 6.07) is 0. The molecule has 1 N–H and O–H groups in total. The van der Waals surface area contributed by atoms with E-state index in [1.807, 2.05) is 5.38 Å². The molecule has 3 nitrogen and oxygen atoms in total. The van der Waals surface area contributed by atoms with Crippen molar-refractivity contribution in [3.63, 3.8) is 0 Å². The van der Waals surface area contributed by atoms with Crippen LogP contribution in [0.25, 0.3) is 0 Å². The Hall–Kier alpha value is -1.60. The van der Waals surface area contributed by atoms with Crippen molar-refractivity contribution in [2.24, 2.45) is 0 Å². The molecule has 0 saturated carbocycles. The van der Waals surface area contributed by atoms with E-state index in [0.29, 0.717) is 18.5 Å². The van der Waals surface area contributed by atoms with Crippen LogP contribution < -0.4 is 5.32 Å². The van der Waals surface area contributed by atoms with Crippen LogP contribution in [0.4, 0.5) is 0 Å². The van der Waals surface area contributed by atoms with Gasteiger partial charge in [-0.2, -0.15) is 11.3 Å². The molecule has 0 saturated heterocycles. The lowest BCUT2D eigenvalue weighted by Crippen LogP contribution is -2.20. The molecule has 0 aliphatic heterocycles. The second-order valence-corrected chi connectivity index (χ2v) is 3.64. The molecule has 0 radical (unpaired) electrons. The Labute approximate surface area is 92.5 Å². The highest BCUT2D eigenvalue weighted by Gasteiger charge is 1.97. The molecule has 15 heavy (non-hydrogen) atoms. The van der Waals surface area contributed by atoms with E-state index >= 15 is 0 Å². The van der Waals surface area contributed by atoms with Crippen molar-refractivity contribution >= 4 is 23.5 Å². The fourth-order valence-corrected chi connectivity index (χ4v) is 1.69. The van der Waals surface area contributed by atoms with Crippen molar-refractivity contribution in [1.82, 2.24) is 5.32 Å². The molecule has 0 aliphatic rings. The molecule has 0 spiro atoms. The fraction of sp³-hybridized carbons (Fsp3) is 0.273. The number of aldehydes is 1. The minimum atomic E-state index is -0.0547. The highest BCUT2D eigenvalue weighted by atomic mass is 32.1. The third-order valence-electron chi connectivity index (χ3n) is 1.67. The van der Waals surface area contributed by atoms with Crippen molar-refractivity contribution in [2.75, 3.05) is 6.54 Å². The number of thiophene rings is 1. The smallest absolute Gasteiger partial charge is 0.216 e. The van der Waals surface area contributed by atoms with Crippen LogP contribution in [0.1, 0.15) is 29.3 Å². The quantitative estimate of drug-likeness (QED) is 0.477. The molecule has 0 atom stereocenters. The molecule has 1 aromatic rings. The van der Waals surface area contributed by atoms with Crippen molar-refractivity contribution in [3.05, 3.63) is 21.9 Å². The molecule has 78 valence electrons. The number of hydrogen-bond acceptors (Lipinski definition) is 3. The summed E-state index contributed by atoms with van der Waals surface area (Å²) in [5.74, 6) is 5.74. The van der Waals surface area contributed by atoms with Crippen LogP contribution in [-0.4, -0.2) is 18.7 Å². The average Bonchev–Trinajstić information content (AvgIpc) is 2.64. The Kier molecular flexibility index (Phi) is 4.58. The predicted molar refractivity (Wildman–Crippen MR) is 59.9 cm³/mol. The molecule has 0 unspecified atom stereocenters. The molecule has 1 heterocycles.